The van der Waals surface area contributed by atoms with E-state index in [2.05, 4.69) is 23.3 Å². The Morgan fingerprint density at radius 3 is 2.30 bits per heavy atom. The predicted octanol–water partition coefficient (Wildman–Crippen LogP) is -2.81. The van der Waals surface area contributed by atoms with Crippen LogP contribution in [0.1, 0.15) is 12.8 Å². The number of hydrogen-bond donors (Lipinski definition) is 6. The molecule has 114 valence electrons. The SMILES string of the molecule is NC(=O)CC[C@H](NC(=O)CNC(=O)[C@@H](N)CS)C(=O)O. The van der Waals surface area contributed by atoms with Gasteiger partial charge >= 0.3 is 5.97 Å². The van der Waals surface area contributed by atoms with E-state index in [1.54, 1.807) is 0 Å². The van der Waals surface area contributed by atoms with Gasteiger partial charge in [-0.3, -0.25) is 14.4 Å². The molecule has 0 aliphatic rings. The zero-order valence-corrected chi connectivity index (χ0v) is 11.6. The number of carboxylic acids is 1. The molecule has 0 aromatic carbocycles. The number of rotatable bonds is 9. The van der Waals surface area contributed by atoms with Crippen LogP contribution in [0.5, 0.6) is 0 Å². The topological polar surface area (TPSA) is 165 Å². The number of nitrogens with two attached hydrogens (primary N) is 2. The van der Waals surface area contributed by atoms with Gasteiger partial charge in [-0.25, -0.2) is 4.79 Å². The summed E-state index contributed by atoms with van der Waals surface area (Å²) in [4.78, 5) is 44.2. The second kappa shape index (κ2) is 9.15. The minimum Gasteiger partial charge on any atom is -0.480 e. The first kappa shape index (κ1) is 18.2. The molecule has 9 nitrogen and oxygen atoms in total. The van der Waals surface area contributed by atoms with E-state index in [-0.39, 0.29) is 18.6 Å². The maximum atomic E-state index is 11.5. The van der Waals surface area contributed by atoms with Gasteiger partial charge in [0.25, 0.3) is 0 Å². The lowest BCUT2D eigenvalue weighted by atomic mass is 10.1. The summed E-state index contributed by atoms with van der Waals surface area (Å²) in [6.07, 6.45) is -0.297. The summed E-state index contributed by atoms with van der Waals surface area (Å²) in [5.74, 6) is -3.12. The molecule has 0 heterocycles. The summed E-state index contributed by atoms with van der Waals surface area (Å²) in [6, 6.07) is -2.10. The molecular weight excluding hydrogens is 288 g/mol. The molecule has 0 fully saturated rings. The molecule has 0 saturated heterocycles. The molecule has 10 heteroatoms. The van der Waals surface area contributed by atoms with Crippen molar-refractivity contribution in [2.75, 3.05) is 12.3 Å². The summed E-state index contributed by atoms with van der Waals surface area (Å²) >= 11 is 3.82. The molecule has 20 heavy (non-hydrogen) atoms. The lowest BCUT2D eigenvalue weighted by Crippen LogP contribution is -2.49. The number of carbonyl (C=O) groups excluding carboxylic acids is 3. The Morgan fingerprint density at radius 2 is 1.85 bits per heavy atom. The lowest BCUT2D eigenvalue weighted by Gasteiger charge is -2.14. The average Bonchev–Trinajstić information content (AvgIpc) is 2.39. The first-order chi connectivity index (χ1) is 9.27. The number of carbonyl (C=O) groups is 4. The van der Waals surface area contributed by atoms with Gasteiger partial charge in [0.2, 0.25) is 17.7 Å². The van der Waals surface area contributed by atoms with Crippen LogP contribution in [0.25, 0.3) is 0 Å². The van der Waals surface area contributed by atoms with Crippen LogP contribution in [0.15, 0.2) is 0 Å². The van der Waals surface area contributed by atoms with Crippen LogP contribution in [0.3, 0.4) is 0 Å². The van der Waals surface area contributed by atoms with Gasteiger partial charge in [-0.2, -0.15) is 12.6 Å². The van der Waals surface area contributed by atoms with Crippen LogP contribution in [0.4, 0.5) is 0 Å². The fourth-order valence-corrected chi connectivity index (χ4v) is 1.34. The van der Waals surface area contributed by atoms with Crippen molar-refractivity contribution in [3.63, 3.8) is 0 Å². The third kappa shape index (κ3) is 7.59. The summed E-state index contributed by atoms with van der Waals surface area (Å²) in [6.45, 7) is -0.416. The highest BCUT2D eigenvalue weighted by Crippen LogP contribution is 1.97. The van der Waals surface area contributed by atoms with E-state index >= 15 is 0 Å². The summed E-state index contributed by atoms with van der Waals surface area (Å²) in [5.41, 5.74) is 10.3. The first-order valence-corrected chi connectivity index (χ1v) is 6.35. The van der Waals surface area contributed by atoms with Crippen molar-refractivity contribution in [3.8, 4) is 0 Å². The van der Waals surface area contributed by atoms with Gasteiger partial charge in [-0.15, -0.1) is 0 Å². The molecule has 2 atom stereocenters. The van der Waals surface area contributed by atoms with E-state index in [0.29, 0.717) is 0 Å². The second-order valence-electron chi connectivity index (χ2n) is 3.97. The third-order valence-electron chi connectivity index (χ3n) is 2.27. The summed E-state index contributed by atoms with van der Waals surface area (Å²) < 4.78 is 0. The molecular formula is C10H18N4O5S. The van der Waals surface area contributed by atoms with Crippen LogP contribution in [0.2, 0.25) is 0 Å². The Labute approximate surface area is 120 Å². The second-order valence-corrected chi connectivity index (χ2v) is 4.34. The van der Waals surface area contributed by atoms with E-state index in [1.165, 1.54) is 0 Å². The molecule has 0 bridgehead atoms. The average molecular weight is 306 g/mol. The van der Waals surface area contributed by atoms with E-state index in [4.69, 9.17) is 16.6 Å². The monoisotopic (exact) mass is 306 g/mol. The lowest BCUT2D eigenvalue weighted by molar-refractivity contribution is -0.142. The van der Waals surface area contributed by atoms with Crippen LogP contribution < -0.4 is 22.1 Å². The Bertz CT molecular complexity index is 390. The molecule has 0 aromatic rings. The van der Waals surface area contributed by atoms with Crippen LogP contribution >= 0.6 is 12.6 Å². The van der Waals surface area contributed by atoms with Gasteiger partial charge < -0.3 is 27.2 Å². The van der Waals surface area contributed by atoms with Crippen molar-refractivity contribution in [3.05, 3.63) is 0 Å². The van der Waals surface area contributed by atoms with Gasteiger partial charge in [0.1, 0.15) is 6.04 Å². The van der Waals surface area contributed by atoms with E-state index in [1.807, 2.05) is 0 Å². The zero-order chi connectivity index (χ0) is 15.7. The normalized spacial score (nSPS) is 13.1. The Kier molecular flexibility index (Phi) is 8.32. The zero-order valence-electron chi connectivity index (χ0n) is 10.7. The van der Waals surface area contributed by atoms with Crippen molar-refractivity contribution in [1.29, 1.82) is 0 Å². The Morgan fingerprint density at radius 1 is 1.25 bits per heavy atom. The number of carboxylic acid groups (broad SMARTS) is 1. The van der Waals surface area contributed by atoms with Gasteiger partial charge in [-0.1, -0.05) is 0 Å². The molecule has 0 aliphatic heterocycles. The fourth-order valence-electron chi connectivity index (χ4n) is 1.17. The van der Waals surface area contributed by atoms with Crippen molar-refractivity contribution in [1.82, 2.24) is 10.6 Å². The highest BCUT2D eigenvalue weighted by molar-refractivity contribution is 7.80. The van der Waals surface area contributed by atoms with E-state index < -0.39 is 42.3 Å². The highest BCUT2D eigenvalue weighted by Gasteiger charge is 2.21. The van der Waals surface area contributed by atoms with E-state index in [9.17, 15) is 19.2 Å². The molecule has 3 amide bonds. The number of primary amides is 1. The number of nitrogens with one attached hydrogen (secondary N) is 2. The molecule has 0 spiro atoms. The number of amides is 3. The molecule has 0 radical (unpaired) electrons. The molecule has 0 aliphatic carbocycles. The van der Waals surface area contributed by atoms with Crippen molar-refractivity contribution < 1.29 is 24.3 Å². The van der Waals surface area contributed by atoms with Crippen LogP contribution in [-0.2, 0) is 19.2 Å². The minimum absolute atomic E-state index is 0.115. The molecule has 7 N–H and O–H groups in total. The maximum absolute atomic E-state index is 11.5. The van der Waals surface area contributed by atoms with Crippen LogP contribution in [-0.4, -0.2) is 53.2 Å². The van der Waals surface area contributed by atoms with Gasteiger partial charge in [-0.05, 0) is 6.42 Å². The number of thiol groups is 1. The quantitative estimate of drug-likeness (QED) is 0.252. The molecule has 0 saturated carbocycles. The number of hydrogen-bond acceptors (Lipinski definition) is 6. The number of aliphatic carboxylic acids is 1. The Balaban J connectivity index is 4.23. The highest BCUT2D eigenvalue weighted by atomic mass is 32.1. The molecule has 0 aromatic heterocycles. The van der Waals surface area contributed by atoms with Crippen molar-refractivity contribution >= 4 is 36.3 Å². The Hall–Kier alpha value is -1.81. The maximum Gasteiger partial charge on any atom is 0.326 e. The molecule has 0 unspecified atom stereocenters. The van der Waals surface area contributed by atoms with Crippen molar-refractivity contribution in [2.24, 2.45) is 11.5 Å². The van der Waals surface area contributed by atoms with Gasteiger partial charge in [0.05, 0.1) is 12.6 Å². The smallest absolute Gasteiger partial charge is 0.326 e. The molecule has 0 rings (SSSR count). The van der Waals surface area contributed by atoms with Gasteiger partial charge in [0.15, 0.2) is 0 Å². The first-order valence-electron chi connectivity index (χ1n) is 5.72. The van der Waals surface area contributed by atoms with Gasteiger partial charge in [0, 0.05) is 12.2 Å². The third-order valence-corrected chi connectivity index (χ3v) is 2.66. The minimum atomic E-state index is -1.29. The fraction of sp³-hybridized carbons (Fsp3) is 0.600. The largest absolute Gasteiger partial charge is 0.480 e. The summed E-state index contributed by atoms with van der Waals surface area (Å²) in [5, 5.41) is 13.3. The predicted molar refractivity (Wildman–Crippen MR) is 72.8 cm³/mol. The standard InChI is InChI=1S/C10H18N4O5S/c11-5(4-20)9(17)13-3-8(16)14-6(10(18)19)1-2-7(12)15/h5-6,20H,1-4,11H2,(H2,12,15)(H,13,17)(H,14,16)(H,18,19)/t5-,6-/m0/s1. The van der Waals surface area contributed by atoms with Crippen LogP contribution in [0, 0.1) is 0 Å². The van der Waals surface area contributed by atoms with E-state index in [0.717, 1.165) is 0 Å². The van der Waals surface area contributed by atoms with Crippen molar-refractivity contribution in [2.45, 2.75) is 24.9 Å². The summed E-state index contributed by atoms with van der Waals surface area (Å²) in [7, 11) is 0.